The lowest BCUT2D eigenvalue weighted by Crippen LogP contribution is -2.46. The van der Waals surface area contributed by atoms with Gasteiger partial charge in [0.25, 0.3) is 5.91 Å². The summed E-state index contributed by atoms with van der Waals surface area (Å²) in [6, 6.07) is 0. The molecule has 0 saturated carbocycles. The second-order valence-corrected chi connectivity index (χ2v) is 7.48. The number of nitrogens with one attached hydrogen (secondary N) is 2. The van der Waals surface area contributed by atoms with Crippen LogP contribution in [0.25, 0.3) is 0 Å². The highest BCUT2D eigenvalue weighted by Gasteiger charge is 2.24. The molecule has 1 aliphatic heterocycles. The zero-order chi connectivity index (χ0) is 19.9. The number of carbonyl (C=O) groups is 3. The summed E-state index contributed by atoms with van der Waals surface area (Å²) in [7, 11) is 0. The van der Waals surface area contributed by atoms with Gasteiger partial charge in [-0.15, -0.1) is 0 Å². The Hall–Kier alpha value is -2.71. The molecule has 2 N–H and O–H groups in total. The Balaban J connectivity index is 1.66. The SMILES string of the molecule is CC(C)(C)OC(=O)NCC(=O)N1CCC(CNC(=O)c2cnccn2)CC1. The summed E-state index contributed by atoms with van der Waals surface area (Å²) in [5.41, 5.74) is -0.306. The van der Waals surface area contributed by atoms with Gasteiger partial charge in [-0.3, -0.25) is 14.6 Å². The van der Waals surface area contributed by atoms with Crippen molar-refractivity contribution in [1.29, 1.82) is 0 Å². The molecule has 9 nitrogen and oxygen atoms in total. The second-order valence-electron chi connectivity index (χ2n) is 7.48. The maximum atomic E-state index is 12.2. The molecule has 0 atom stereocenters. The van der Waals surface area contributed by atoms with Crippen LogP contribution in [0.1, 0.15) is 44.1 Å². The first-order chi connectivity index (χ1) is 12.7. The lowest BCUT2D eigenvalue weighted by molar-refractivity contribution is -0.131. The van der Waals surface area contributed by atoms with E-state index in [1.54, 1.807) is 25.7 Å². The van der Waals surface area contributed by atoms with Crippen LogP contribution in [0.15, 0.2) is 18.6 Å². The smallest absolute Gasteiger partial charge is 0.408 e. The number of alkyl carbamates (subject to hydrolysis) is 1. The molecule has 148 valence electrons. The van der Waals surface area contributed by atoms with Gasteiger partial charge in [-0.2, -0.15) is 0 Å². The number of aromatic nitrogens is 2. The molecule has 2 rings (SSSR count). The first kappa shape index (κ1) is 20.6. The third kappa shape index (κ3) is 7.20. The van der Waals surface area contributed by atoms with Crippen molar-refractivity contribution >= 4 is 17.9 Å². The summed E-state index contributed by atoms with van der Waals surface area (Å²) in [6.07, 6.45) is 5.40. The summed E-state index contributed by atoms with van der Waals surface area (Å²) in [6.45, 7) is 6.95. The van der Waals surface area contributed by atoms with Crippen molar-refractivity contribution in [3.05, 3.63) is 24.3 Å². The molecule has 27 heavy (non-hydrogen) atoms. The molecule has 1 aliphatic rings. The predicted octanol–water partition coefficient (Wildman–Crippen LogP) is 0.970. The van der Waals surface area contributed by atoms with Crippen molar-refractivity contribution in [1.82, 2.24) is 25.5 Å². The number of rotatable bonds is 5. The highest BCUT2D eigenvalue weighted by atomic mass is 16.6. The minimum atomic E-state index is -0.600. The molecule has 3 amide bonds. The molecule has 1 fully saturated rings. The molecular weight excluding hydrogens is 350 g/mol. The molecule has 1 aromatic rings. The standard InChI is InChI=1S/C18H27N5O4/c1-18(2,3)27-17(26)22-12-15(24)23-8-4-13(5-9-23)10-21-16(25)14-11-19-6-7-20-14/h6-7,11,13H,4-5,8-10,12H2,1-3H3,(H,21,25)(H,22,26). The summed E-state index contributed by atoms with van der Waals surface area (Å²) in [4.78, 5) is 45.3. The van der Waals surface area contributed by atoms with Crippen molar-refractivity contribution in [2.45, 2.75) is 39.2 Å². The second kappa shape index (κ2) is 9.29. The Kier molecular flexibility index (Phi) is 7.09. The van der Waals surface area contributed by atoms with Crippen LogP contribution in [0.5, 0.6) is 0 Å². The fourth-order valence-corrected chi connectivity index (χ4v) is 2.70. The van der Waals surface area contributed by atoms with Gasteiger partial charge in [-0.25, -0.2) is 9.78 Å². The molecule has 0 unspecified atom stereocenters. The molecule has 1 aromatic heterocycles. The van der Waals surface area contributed by atoms with Gasteiger partial charge < -0.3 is 20.3 Å². The van der Waals surface area contributed by atoms with E-state index < -0.39 is 11.7 Å². The average Bonchev–Trinajstić information content (AvgIpc) is 2.64. The molecule has 9 heteroatoms. The zero-order valence-electron chi connectivity index (χ0n) is 16.0. The van der Waals surface area contributed by atoms with E-state index in [2.05, 4.69) is 20.6 Å². The third-order valence-corrected chi connectivity index (χ3v) is 4.10. The van der Waals surface area contributed by atoms with Crippen molar-refractivity contribution in [2.24, 2.45) is 5.92 Å². The highest BCUT2D eigenvalue weighted by Crippen LogP contribution is 2.16. The van der Waals surface area contributed by atoms with Crippen LogP contribution in [-0.4, -0.2) is 64.6 Å². The van der Waals surface area contributed by atoms with Crippen LogP contribution in [-0.2, 0) is 9.53 Å². The minimum Gasteiger partial charge on any atom is -0.444 e. The average molecular weight is 377 g/mol. The molecule has 0 radical (unpaired) electrons. The number of likely N-dealkylation sites (tertiary alicyclic amines) is 1. The zero-order valence-corrected chi connectivity index (χ0v) is 16.0. The van der Waals surface area contributed by atoms with Gasteiger partial charge in [-0.05, 0) is 39.5 Å². The van der Waals surface area contributed by atoms with Crippen LogP contribution < -0.4 is 10.6 Å². The first-order valence-electron chi connectivity index (χ1n) is 9.03. The van der Waals surface area contributed by atoms with Crippen LogP contribution >= 0.6 is 0 Å². The molecule has 2 heterocycles. The van der Waals surface area contributed by atoms with E-state index in [0.29, 0.717) is 31.2 Å². The Bertz CT molecular complexity index is 651. The third-order valence-electron chi connectivity index (χ3n) is 4.10. The number of nitrogens with zero attached hydrogens (tertiary/aromatic N) is 3. The molecule has 1 saturated heterocycles. The molecule has 0 aliphatic carbocycles. The van der Waals surface area contributed by atoms with E-state index in [-0.39, 0.29) is 18.4 Å². The minimum absolute atomic E-state index is 0.0804. The van der Waals surface area contributed by atoms with Crippen LogP contribution in [0.3, 0.4) is 0 Å². The topological polar surface area (TPSA) is 114 Å². The summed E-state index contributed by atoms with van der Waals surface area (Å²) in [5, 5.41) is 5.34. The summed E-state index contributed by atoms with van der Waals surface area (Å²) >= 11 is 0. The summed E-state index contributed by atoms with van der Waals surface area (Å²) in [5.74, 6) is -0.0837. The van der Waals surface area contributed by atoms with E-state index in [0.717, 1.165) is 12.8 Å². The monoisotopic (exact) mass is 377 g/mol. The lowest BCUT2D eigenvalue weighted by Gasteiger charge is -2.32. The molecular formula is C18H27N5O4. The van der Waals surface area contributed by atoms with E-state index in [1.165, 1.54) is 18.6 Å². The molecule has 0 bridgehead atoms. The van der Waals surface area contributed by atoms with Gasteiger partial charge >= 0.3 is 6.09 Å². The van der Waals surface area contributed by atoms with Crippen molar-refractivity contribution in [3.8, 4) is 0 Å². The van der Waals surface area contributed by atoms with Crippen LogP contribution in [0.4, 0.5) is 4.79 Å². The van der Waals surface area contributed by atoms with Crippen LogP contribution in [0, 0.1) is 5.92 Å². The van der Waals surface area contributed by atoms with Gasteiger partial charge in [0, 0.05) is 32.0 Å². The van der Waals surface area contributed by atoms with Gasteiger partial charge in [0.15, 0.2) is 0 Å². The number of amides is 3. The first-order valence-corrected chi connectivity index (χ1v) is 9.03. The Morgan fingerprint density at radius 3 is 2.48 bits per heavy atom. The number of ether oxygens (including phenoxy) is 1. The van der Waals surface area contributed by atoms with Gasteiger partial charge in [0.2, 0.25) is 5.91 Å². The van der Waals surface area contributed by atoms with Crippen molar-refractivity contribution in [2.75, 3.05) is 26.2 Å². The van der Waals surface area contributed by atoms with Crippen LogP contribution in [0.2, 0.25) is 0 Å². The number of piperidine rings is 1. The Labute approximate surface area is 158 Å². The van der Waals surface area contributed by atoms with Gasteiger partial charge in [0.1, 0.15) is 17.8 Å². The maximum Gasteiger partial charge on any atom is 0.408 e. The molecule has 0 aromatic carbocycles. The number of hydrogen-bond acceptors (Lipinski definition) is 6. The predicted molar refractivity (Wildman–Crippen MR) is 97.9 cm³/mol. The molecule has 0 spiro atoms. The van der Waals surface area contributed by atoms with E-state index >= 15 is 0 Å². The quantitative estimate of drug-likeness (QED) is 0.790. The lowest BCUT2D eigenvalue weighted by atomic mass is 9.96. The number of hydrogen-bond donors (Lipinski definition) is 2. The largest absolute Gasteiger partial charge is 0.444 e. The van der Waals surface area contributed by atoms with Gasteiger partial charge in [-0.1, -0.05) is 0 Å². The highest BCUT2D eigenvalue weighted by molar-refractivity contribution is 5.91. The Morgan fingerprint density at radius 2 is 1.89 bits per heavy atom. The van der Waals surface area contributed by atoms with E-state index in [9.17, 15) is 14.4 Å². The maximum absolute atomic E-state index is 12.2. The van der Waals surface area contributed by atoms with E-state index in [4.69, 9.17) is 4.74 Å². The number of carbonyl (C=O) groups excluding carboxylic acids is 3. The van der Waals surface area contributed by atoms with Crippen molar-refractivity contribution in [3.63, 3.8) is 0 Å². The fourth-order valence-electron chi connectivity index (χ4n) is 2.70. The summed E-state index contributed by atoms with van der Waals surface area (Å²) < 4.78 is 5.11. The van der Waals surface area contributed by atoms with E-state index in [1.807, 2.05) is 0 Å². The Morgan fingerprint density at radius 1 is 1.19 bits per heavy atom. The van der Waals surface area contributed by atoms with Crippen molar-refractivity contribution < 1.29 is 19.1 Å². The fraction of sp³-hybridized carbons (Fsp3) is 0.611. The van der Waals surface area contributed by atoms with Gasteiger partial charge in [0.05, 0.1) is 6.20 Å². The normalized spacial score (nSPS) is 15.1.